The van der Waals surface area contributed by atoms with Crippen molar-refractivity contribution in [1.82, 2.24) is 19.7 Å². The van der Waals surface area contributed by atoms with Gasteiger partial charge in [0.05, 0.1) is 12.2 Å². The highest BCUT2D eigenvalue weighted by molar-refractivity contribution is 5.97. The Morgan fingerprint density at radius 3 is 2.59 bits per heavy atom. The number of benzene rings is 2. The van der Waals surface area contributed by atoms with E-state index in [1.54, 1.807) is 31.3 Å². The van der Waals surface area contributed by atoms with Gasteiger partial charge in [-0.2, -0.15) is 5.10 Å². The Labute approximate surface area is 233 Å². The number of ketones is 1. The zero-order valence-corrected chi connectivity index (χ0v) is 22.3. The van der Waals surface area contributed by atoms with E-state index in [0.29, 0.717) is 34.5 Å². The van der Waals surface area contributed by atoms with Gasteiger partial charge in [-0.3, -0.25) is 19.3 Å². The van der Waals surface area contributed by atoms with Crippen LogP contribution in [0.4, 0.5) is 14.6 Å². The normalized spacial score (nSPS) is 11.9. The summed E-state index contributed by atoms with van der Waals surface area (Å²) in [4.78, 5) is 30.6. The average molecular weight is 560 g/mol. The average Bonchev–Trinajstić information content (AvgIpc) is 3.38. The summed E-state index contributed by atoms with van der Waals surface area (Å²) in [6.07, 6.45) is 3.47. The molecule has 11 heteroatoms. The number of aromatic nitrogens is 4. The number of fused-ring (bicyclic) bond motifs is 1. The van der Waals surface area contributed by atoms with Gasteiger partial charge in [0, 0.05) is 36.6 Å². The minimum Gasteiger partial charge on any atom is -0.453 e. The summed E-state index contributed by atoms with van der Waals surface area (Å²) in [5.41, 5.74) is 1.37. The number of aliphatic hydroxyl groups excluding tert-OH is 1. The van der Waals surface area contributed by atoms with Gasteiger partial charge in [0.25, 0.3) is 5.56 Å². The third-order valence-electron chi connectivity index (χ3n) is 6.55. The molecule has 0 aliphatic carbocycles. The second-order valence-corrected chi connectivity index (χ2v) is 9.57. The van der Waals surface area contributed by atoms with Crippen molar-refractivity contribution in [2.45, 2.75) is 32.7 Å². The van der Waals surface area contributed by atoms with Gasteiger partial charge in [0.15, 0.2) is 28.8 Å². The van der Waals surface area contributed by atoms with Gasteiger partial charge in [-0.25, -0.2) is 13.8 Å². The number of nitrogens with zero attached hydrogens (tertiary/aromatic N) is 3. The molecule has 1 atom stereocenters. The zero-order valence-electron chi connectivity index (χ0n) is 22.3. The number of Topliss-reactive ketones (excluding diaryl/α,β-unsaturated/α-hetero) is 1. The number of anilines is 1. The molecular weight excluding hydrogens is 532 g/mol. The lowest BCUT2D eigenvalue weighted by molar-refractivity contribution is 0.0991. The molecule has 210 valence electrons. The van der Waals surface area contributed by atoms with Crippen LogP contribution in [0, 0.1) is 11.6 Å². The third kappa shape index (κ3) is 5.85. The number of hydrogen-bond donors (Lipinski definition) is 3. The summed E-state index contributed by atoms with van der Waals surface area (Å²) in [6.45, 7) is 3.54. The van der Waals surface area contributed by atoms with Crippen molar-refractivity contribution in [3.63, 3.8) is 0 Å². The lowest BCUT2D eigenvalue weighted by atomic mass is 10.0. The largest absolute Gasteiger partial charge is 0.453 e. The molecule has 0 fully saturated rings. The molecule has 5 rings (SSSR count). The third-order valence-corrected chi connectivity index (χ3v) is 6.55. The van der Waals surface area contributed by atoms with Crippen molar-refractivity contribution in [2.24, 2.45) is 0 Å². The molecule has 9 nitrogen and oxygen atoms in total. The molecule has 2 aromatic carbocycles. The maximum Gasteiger partial charge on any atom is 0.265 e. The first-order valence-corrected chi connectivity index (χ1v) is 13.0. The van der Waals surface area contributed by atoms with Gasteiger partial charge >= 0.3 is 0 Å². The Morgan fingerprint density at radius 2 is 1.88 bits per heavy atom. The van der Waals surface area contributed by atoms with E-state index in [0.717, 1.165) is 5.56 Å². The van der Waals surface area contributed by atoms with Gasteiger partial charge in [0.2, 0.25) is 0 Å². The quantitative estimate of drug-likeness (QED) is 0.207. The molecule has 0 spiro atoms. The van der Waals surface area contributed by atoms with Crippen LogP contribution in [0.1, 0.15) is 35.3 Å². The van der Waals surface area contributed by atoms with Crippen LogP contribution in [-0.4, -0.2) is 43.3 Å². The first-order valence-electron chi connectivity index (χ1n) is 13.0. The van der Waals surface area contributed by atoms with E-state index in [9.17, 15) is 19.1 Å². The van der Waals surface area contributed by atoms with Crippen LogP contribution in [0.3, 0.4) is 0 Å². The fraction of sp³-hybridized carbons (Fsp3) is 0.200. The first-order chi connectivity index (χ1) is 19.8. The molecule has 0 radical (unpaired) electrons. The molecule has 0 saturated carbocycles. The lowest BCUT2D eigenvalue weighted by Gasteiger charge is -2.13. The van der Waals surface area contributed by atoms with E-state index in [1.807, 2.05) is 6.92 Å². The summed E-state index contributed by atoms with van der Waals surface area (Å²) >= 11 is 0. The fourth-order valence-corrected chi connectivity index (χ4v) is 4.35. The summed E-state index contributed by atoms with van der Waals surface area (Å²) in [5.74, 6) is -1.01. The molecule has 41 heavy (non-hydrogen) atoms. The summed E-state index contributed by atoms with van der Waals surface area (Å²) in [7, 11) is 0. The standard InChI is InChI=1S/C30H27F2N5O4/c1-3-18-12-22(30(40)37(15-18)21-7-5-20(31)6-8-21)24(39)14-19-4-9-25(23(32)13-19)41-26-10-11-33-28-27(26)29(36-35-28)34-17(2)16-38/h4-13,15,17,38H,3,14,16H2,1-2H3,(H2,33,34,35,36)/t17-/m1/s1. The molecule has 0 bridgehead atoms. The molecule has 0 aliphatic heterocycles. The highest BCUT2D eigenvalue weighted by atomic mass is 19.1. The smallest absolute Gasteiger partial charge is 0.265 e. The maximum atomic E-state index is 15.2. The van der Waals surface area contributed by atoms with Crippen molar-refractivity contribution in [2.75, 3.05) is 11.9 Å². The number of carbonyl (C=O) groups excluding carboxylic acids is 1. The first kappa shape index (κ1) is 27.7. The van der Waals surface area contributed by atoms with Gasteiger partial charge < -0.3 is 15.2 Å². The molecule has 0 saturated heterocycles. The minimum atomic E-state index is -0.701. The predicted molar refractivity (Wildman–Crippen MR) is 150 cm³/mol. The van der Waals surface area contributed by atoms with Crippen molar-refractivity contribution in [3.8, 4) is 17.2 Å². The van der Waals surface area contributed by atoms with Crippen LogP contribution in [-0.2, 0) is 12.8 Å². The van der Waals surface area contributed by atoms with E-state index in [2.05, 4.69) is 20.5 Å². The fourth-order valence-electron chi connectivity index (χ4n) is 4.35. The molecule has 0 amide bonds. The van der Waals surface area contributed by atoms with Crippen molar-refractivity contribution in [3.05, 3.63) is 106 Å². The van der Waals surface area contributed by atoms with Crippen LogP contribution in [0.15, 0.2) is 71.8 Å². The summed E-state index contributed by atoms with van der Waals surface area (Å²) in [6, 6.07) is 12.4. The molecule has 3 N–H and O–H groups in total. The second-order valence-electron chi connectivity index (χ2n) is 9.57. The minimum absolute atomic E-state index is 0.0364. The predicted octanol–water partition coefficient (Wildman–Crippen LogP) is 4.96. The van der Waals surface area contributed by atoms with E-state index in [4.69, 9.17) is 4.74 Å². The van der Waals surface area contributed by atoms with Gasteiger partial charge in [-0.15, -0.1) is 0 Å². The van der Waals surface area contributed by atoms with Crippen LogP contribution in [0.2, 0.25) is 0 Å². The van der Waals surface area contributed by atoms with Crippen LogP contribution in [0.5, 0.6) is 11.5 Å². The monoisotopic (exact) mass is 559 g/mol. The number of H-pyrrole nitrogens is 1. The van der Waals surface area contributed by atoms with Crippen LogP contribution in [0.25, 0.3) is 16.7 Å². The highest BCUT2D eigenvalue weighted by Crippen LogP contribution is 2.34. The number of nitrogens with one attached hydrogen (secondary N) is 2. The molecule has 3 heterocycles. The number of pyridine rings is 2. The number of aliphatic hydroxyl groups is 1. The Morgan fingerprint density at radius 1 is 1.10 bits per heavy atom. The van der Waals surface area contributed by atoms with Crippen molar-refractivity contribution >= 4 is 22.6 Å². The van der Waals surface area contributed by atoms with E-state index in [1.165, 1.54) is 47.2 Å². The molecule has 5 aromatic rings. The second kappa shape index (κ2) is 11.7. The number of aryl methyl sites for hydroxylation is 1. The molecule has 0 unspecified atom stereocenters. The Hall–Kier alpha value is -4.90. The van der Waals surface area contributed by atoms with Crippen molar-refractivity contribution in [1.29, 1.82) is 0 Å². The van der Waals surface area contributed by atoms with Gasteiger partial charge in [-0.05, 0) is 66.9 Å². The number of rotatable bonds is 10. The number of aromatic amines is 1. The number of carbonyl (C=O) groups is 1. The number of hydrogen-bond acceptors (Lipinski definition) is 7. The topological polar surface area (TPSA) is 122 Å². The van der Waals surface area contributed by atoms with Gasteiger partial charge in [0.1, 0.15) is 17.0 Å². The van der Waals surface area contributed by atoms with Crippen LogP contribution < -0.4 is 15.6 Å². The van der Waals surface area contributed by atoms with Gasteiger partial charge in [-0.1, -0.05) is 13.0 Å². The lowest BCUT2D eigenvalue weighted by Crippen LogP contribution is -2.26. The number of halogens is 2. The van der Waals surface area contributed by atoms with E-state index in [-0.39, 0.29) is 36.1 Å². The Kier molecular flexibility index (Phi) is 7.88. The van der Waals surface area contributed by atoms with Crippen LogP contribution >= 0.6 is 0 Å². The summed E-state index contributed by atoms with van der Waals surface area (Å²) < 4.78 is 35.8. The highest BCUT2D eigenvalue weighted by Gasteiger charge is 2.19. The zero-order chi connectivity index (χ0) is 29.1. The summed E-state index contributed by atoms with van der Waals surface area (Å²) in [5, 5.41) is 19.8. The molecular formula is C30H27F2N5O4. The van der Waals surface area contributed by atoms with Crippen molar-refractivity contribution < 1.29 is 23.4 Å². The Bertz CT molecular complexity index is 1780. The maximum absolute atomic E-state index is 15.2. The Balaban J connectivity index is 1.40. The van der Waals surface area contributed by atoms with E-state index >= 15 is 4.39 Å². The molecule has 0 aliphatic rings. The SMILES string of the molecule is CCc1cc(C(=O)Cc2ccc(Oc3ccnc4[nH]nc(N[C@H](C)CO)c34)c(F)c2)c(=O)n(-c2ccc(F)cc2)c1. The van der Waals surface area contributed by atoms with E-state index < -0.39 is 23.0 Å². The number of ether oxygens (including phenoxy) is 1. The molecule has 3 aromatic heterocycles.